The average Bonchev–Trinajstić information content (AvgIpc) is 2.18. The molecule has 3 nitrogen and oxygen atoms in total. The summed E-state index contributed by atoms with van der Waals surface area (Å²) in [5.41, 5.74) is -0.461. The van der Waals surface area contributed by atoms with Crippen LogP contribution in [0.15, 0.2) is 18.2 Å². The van der Waals surface area contributed by atoms with Crippen molar-refractivity contribution in [2.24, 2.45) is 5.41 Å². The number of hydrogen-bond donors (Lipinski definition) is 1. The van der Waals surface area contributed by atoms with E-state index in [-0.39, 0.29) is 13.0 Å². The first-order valence-electron chi connectivity index (χ1n) is 5.10. The highest BCUT2D eigenvalue weighted by Crippen LogP contribution is 2.33. The molecule has 0 amide bonds. The van der Waals surface area contributed by atoms with Crippen molar-refractivity contribution in [1.29, 1.82) is 0 Å². The third-order valence-electron chi connectivity index (χ3n) is 2.16. The van der Waals surface area contributed by atoms with Crippen molar-refractivity contribution in [2.75, 3.05) is 6.61 Å². The molecule has 0 spiro atoms. The second-order valence-electron chi connectivity index (χ2n) is 4.58. The Hall–Kier alpha value is -0.930. The van der Waals surface area contributed by atoms with E-state index < -0.39 is 11.4 Å². The molecule has 0 aliphatic heterocycles. The molecule has 1 N–H and O–H groups in total. The largest absolute Gasteiger partial charge is 0.491 e. The highest BCUT2D eigenvalue weighted by atomic mass is 35.5. The monoisotopic (exact) mass is 276 g/mol. The fourth-order valence-electron chi connectivity index (χ4n) is 1.33. The molecular weight excluding hydrogens is 263 g/mol. The van der Waals surface area contributed by atoms with Crippen LogP contribution in [0.5, 0.6) is 5.75 Å². The van der Waals surface area contributed by atoms with Crippen LogP contribution in [-0.4, -0.2) is 17.7 Å². The van der Waals surface area contributed by atoms with Crippen molar-refractivity contribution in [3.05, 3.63) is 28.2 Å². The third kappa shape index (κ3) is 4.44. The van der Waals surface area contributed by atoms with Crippen molar-refractivity contribution < 1.29 is 14.6 Å². The molecule has 1 aromatic rings. The SMILES string of the molecule is CC(C)(COc1cccc(Cl)c1Cl)CC(=O)O. The minimum Gasteiger partial charge on any atom is -0.491 e. The van der Waals surface area contributed by atoms with Crippen LogP contribution in [0.4, 0.5) is 0 Å². The predicted molar refractivity (Wildman–Crippen MR) is 68.0 cm³/mol. The van der Waals surface area contributed by atoms with Crippen LogP contribution < -0.4 is 4.74 Å². The van der Waals surface area contributed by atoms with Crippen molar-refractivity contribution in [3.8, 4) is 5.75 Å². The molecule has 5 heteroatoms. The van der Waals surface area contributed by atoms with Crippen LogP contribution in [0, 0.1) is 5.41 Å². The highest BCUT2D eigenvalue weighted by Gasteiger charge is 2.23. The van der Waals surface area contributed by atoms with Gasteiger partial charge in [0.25, 0.3) is 0 Å². The molecule has 0 saturated heterocycles. The summed E-state index contributed by atoms with van der Waals surface area (Å²) in [4.78, 5) is 10.6. The molecule has 0 aliphatic carbocycles. The van der Waals surface area contributed by atoms with Gasteiger partial charge in [-0.25, -0.2) is 0 Å². The number of ether oxygens (including phenoxy) is 1. The Morgan fingerprint density at radius 1 is 1.41 bits per heavy atom. The van der Waals surface area contributed by atoms with Crippen molar-refractivity contribution in [1.82, 2.24) is 0 Å². The number of halogens is 2. The maximum atomic E-state index is 10.6. The van der Waals surface area contributed by atoms with Gasteiger partial charge in [-0.05, 0) is 12.1 Å². The second-order valence-corrected chi connectivity index (χ2v) is 5.36. The van der Waals surface area contributed by atoms with Crippen LogP contribution in [0.3, 0.4) is 0 Å². The highest BCUT2D eigenvalue weighted by molar-refractivity contribution is 6.42. The fraction of sp³-hybridized carbons (Fsp3) is 0.417. The lowest BCUT2D eigenvalue weighted by Crippen LogP contribution is -2.24. The van der Waals surface area contributed by atoms with E-state index in [4.69, 9.17) is 33.0 Å². The average molecular weight is 277 g/mol. The van der Waals surface area contributed by atoms with Gasteiger partial charge in [0.05, 0.1) is 18.1 Å². The van der Waals surface area contributed by atoms with Crippen molar-refractivity contribution >= 4 is 29.2 Å². The Morgan fingerprint density at radius 2 is 2.06 bits per heavy atom. The molecule has 94 valence electrons. The van der Waals surface area contributed by atoms with Gasteiger partial charge in [0.2, 0.25) is 0 Å². The zero-order chi connectivity index (χ0) is 13.1. The number of rotatable bonds is 5. The maximum Gasteiger partial charge on any atom is 0.304 e. The van der Waals surface area contributed by atoms with Crippen LogP contribution >= 0.6 is 23.2 Å². The summed E-state index contributed by atoms with van der Waals surface area (Å²) in [5, 5.41) is 9.51. The topological polar surface area (TPSA) is 46.5 Å². The molecule has 1 aromatic carbocycles. The summed E-state index contributed by atoms with van der Waals surface area (Å²) in [6.07, 6.45) is 0.0329. The number of aliphatic carboxylic acids is 1. The smallest absolute Gasteiger partial charge is 0.304 e. The van der Waals surface area contributed by atoms with E-state index in [2.05, 4.69) is 0 Å². The van der Waals surface area contributed by atoms with Gasteiger partial charge in [-0.15, -0.1) is 0 Å². The molecule has 1 rings (SSSR count). The number of carbonyl (C=O) groups is 1. The molecule has 0 saturated carbocycles. The minimum atomic E-state index is -0.851. The van der Waals surface area contributed by atoms with Crippen LogP contribution in [0.2, 0.25) is 10.0 Å². The normalized spacial score (nSPS) is 11.3. The van der Waals surface area contributed by atoms with E-state index in [0.29, 0.717) is 15.8 Å². The fourth-order valence-corrected chi connectivity index (χ4v) is 1.68. The number of hydrogen-bond acceptors (Lipinski definition) is 2. The molecular formula is C12H14Cl2O3. The van der Waals surface area contributed by atoms with E-state index in [1.165, 1.54) is 0 Å². The maximum absolute atomic E-state index is 10.6. The summed E-state index contributed by atoms with van der Waals surface area (Å²) in [6, 6.07) is 5.10. The lowest BCUT2D eigenvalue weighted by atomic mass is 9.91. The summed E-state index contributed by atoms with van der Waals surface area (Å²) in [6.45, 7) is 3.90. The lowest BCUT2D eigenvalue weighted by molar-refractivity contribution is -0.139. The number of benzene rings is 1. The van der Waals surface area contributed by atoms with Gasteiger partial charge < -0.3 is 9.84 Å². The van der Waals surface area contributed by atoms with Crippen molar-refractivity contribution in [2.45, 2.75) is 20.3 Å². The van der Waals surface area contributed by atoms with Gasteiger partial charge in [-0.2, -0.15) is 0 Å². The molecule has 17 heavy (non-hydrogen) atoms. The Morgan fingerprint density at radius 3 is 2.65 bits per heavy atom. The Kier molecular flexibility index (Phi) is 4.66. The van der Waals surface area contributed by atoms with Gasteiger partial charge in [0.15, 0.2) is 0 Å². The number of carboxylic acid groups (broad SMARTS) is 1. The van der Waals surface area contributed by atoms with E-state index in [1.807, 2.05) is 13.8 Å². The van der Waals surface area contributed by atoms with Crippen LogP contribution in [-0.2, 0) is 4.79 Å². The van der Waals surface area contributed by atoms with Gasteiger partial charge >= 0.3 is 5.97 Å². The molecule has 0 atom stereocenters. The first-order valence-corrected chi connectivity index (χ1v) is 5.86. The Bertz CT molecular complexity index is 416. The minimum absolute atomic E-state index is 0.0329. The summed E-state index contributed by atoms with van der Waals surface area (Å²) < 4.78 is 5.50. The van der Waals surface area contributed by atoms with E-state index in [9.17, 15) is 4.79 Å². The van der Waals surface area contributed by atoms with Crippen LogP contribution in [0.1, 0.15) is 20.3 Å². The summed E-state index contributed by atoms with van der Waals surface area (Å²) in [5.74, 6) is -0.381. The first-order chi connectivity index (χ1) is 7.82. The standard InChI is InChI=1S/C12H14Cl2O3/c1-12(2,6-10(15)16)7-17-9-5-3-4-8(13)11(9)14/h3-5H,6-7H2,1-2H3,(H,15,16). The van der Waals surface area contributed by atoms with E-state index in [1.54, 1.807) is 18.2 Å². The van der Waals surface area contributed by atoms with Crippen LogP contribution in [0.25, 0.3) is 0 Å². The molecule has 0 radical (unpaired) electrons. The zero-order valence-electron chi connectivity index (χ0n) is 9.67. The van der Waals surface area contributed by atoms with Gasteiger partial charge in [0, 0.05) is 5.41 Å². The van der Waals surface area contributed by atoms with E-state index >= 15 is 0 Å². The number of carboxylic acids is 1. The first kappa shape index (κ1) is 14.1. The molecule has 0 heterocycles. The van der Waals surface area contributed by atoms with Crippen molar-refractivity contribution in [3.63, 3.8) is 0 Å². The summed E-state index contributed by atoms with van der Waals surface area (Å²) >= 11 is 11.8. The Balaban J connectivity index is 2.67. The summed E-state index contributed by atoms with van der Waals surface area (Å²) in [7, 11) is 0. The quantitative estimate of drug-likeness (QED) is 0.888. The molecule has 0 bridgehead atoms. The van der Waals surface area contributed by atoms with Gasteiger partial charge in [0.1, 0.15) is 10.8 Å². The third-order valence-corrected chi connectivity index (χ3v) is 2.97. The predicted octanol–water partition coefficient (Wildman–Crippen LogP) is 3.87. The second kappa shape index (κ2) is 5.61. The van der Waals surface area contributed by atoms with Gasteiger partial charge in [-0.1, -0.05) is 43.1 Å². The molecule has 0 fully saturated rings. The molecule has 0 unspecified atom stereocenters. The van der Waals surface area contributed by atoms with Gasteiger partial charge in [-0.3, -0.25) is 4.79 Å². The lowest BCUT2D eigenvalue weighted by Gasteiger charge is -2.23. The Labute approximate surface area is 110 Å². The van der Waals surface area contributed by atoms with E-state index in [0.717, 1.165) is 0 Å². The molecule has 0 aromatic heterocycles. The zero-order valence-corrected chi connectivity index (χ0v) is 11.2. The molecule has 0 aliphatic rings.